The number of rotatable bonds is 3. The number of likely N-dealkylation sites (N-methyl/N-ethyl adjacent to an activating group) is 1. The van der Waals surface area contributed by atoms with Gasteiger partial charge in [-0.1, -0.05) is 0 Å². The van der Waals surface area contributed by atoms with Gasteiger partial charge in [-0.2, -0.15) is 5.10 Å². The number of carboxylic acids is 1. The molecule has 2 N–H and O–H groups in total. The normalized spacial score (nSPS) is 22.2. The Hall–Kier alpha value is -2.09. The maximum atomic E-state index is 12.0. The number of nitrogens with one attached hydrogen (secondary N) is 1. The van der Waals surface area contributed by atoms with Gasteiger partial charge >= 0.3 is 12.0 Å². The van der Waals surface area contributed by atoms with Crippen molar-refractivity contribution in [1.82, 2.24) is 14.7 Å². The van der Waals surface area contributed by atoms with Crippen molar-refractivity contribution >= 4 is 17.7 Å². The minimum Gasteiger partial charge on any atom is -0.481 e. The molecule has 2 rings (SSSR count). The summed E-state index contributed by atoms with van der Waals surface area (Å²) in [6, 6.07) is -0.844. The Morgan fingerprint density at radius 3 is 2.89 bits per heavy atom. The highest BCUT2D eigenvalue weighted by atomic mass is 16.5. The van der Waals surface area contributed by atoms with Gasteiger partial charge < -0.3 is 20.1 Å². The number of aliphatic carboxylic acids is 1. The standard InChI is InChI=1S/C11H16N4O4/c1-14-4-7(3-12-14)13-11(18)15(2)9-6-19-5-8(9)10(16)17/h3-4,8-9H,5-6H2,1-2H3,(H,13,18)(H,16,17). The largest absolute Gasteiger partial charge is 0.481 e. The number of nitrogens with zero attached hydrogens (tertiary/aromatic N) is 3. The van der Waals surface area contributed by atoms with Gasteiger partial charge in [-0.15, -0.1) is 0 Å². The van der Waals surface area contributed by atoms with Crippen molar-refractivity contribution in [1.29, 1.82) is 0 Å². The Balaban J connectivity index is 2.00. The van der Waals surface area contributed by atoms with E-state index in [2.05, 4.69) is 10.4 Å². The second-order valence-corrected chi connectivity index (χ2v) is 4.49. The minimum absolute atomic E-state index is 0.129. The van der Waals surface area contributed by atoms with Crippen molar-refractivity contribution in [3.8, 4) is 0 Å². The van der Waals surface area contributed by atoms with Gasteiger partial charge in [-0.25, -0.2) is 4.79 Å². The molecule has 0 spiro atoms. The first kappa shape index (κ1) is 13.3. The Kier molecular flexibility index (Phi) is 3.70. The molecule has 1 fully saturated rings. The topological polar surface area (TPSA) is 96.7 Å². The first-order valence-corrected chi connectivity index (χ1v) is 5.82. The SMILES string of the molecule is CN(C(=O)Nc1cnn(C)c1)C1COCC1C(=O)O. The van der Waals surface area contributed by atoms with Crippen LogP contribution >= 0.6 is 0 Å². The van der Waals surface area contributed by atoms with E-state index in [1.807, 2.05) is 0 Å². The summed E-state index contributed by atoms with van der Waals surface area (Å²) < 4.78 is 6.70. The molecular weight excluding hydrogens is 252 g/mol. The Labute approximate surface area is 109 Å². The number of aromatic nitrogens is 2. The minimum atomic E-state index is -0.955. The summed E-state index contributed by atoms with van der Waals surface area (Å²) in [7, 11) is 3.30. The molecule has 1 saturated heterocycles. The molecule has 0 aliphatic carbocycles. The summed E-state index contributed by atoms with van der Waals surface area (Å²) in [5.74, 6) is -1.65. The van der Waals surface area contributed by atoms with Crippen LogP contribution in [0.15, 0.2) is 12.4 Å². The molecule has 1 aliphatic heterocycles. The fraction of sp³-hybridized carbons (Fsp3) is 0.545. The molecule has 0 saturated carbocycles. The lowest BCUT2D eigenvalue weighted by molar-refractivity contribution is -0.142. The number of carbonyl (C=O) groups excluding carboxylic acids is 1. The van der Waals surface area contributed by atoms with Crippen LogP contribution in [-0.4, -0.2) is 58.1 Å². The van der Waals surface area contributed by atoms with Gasteiger partial charge in [0.25, 0.3) is 0 Å². The monoisotopic (exact) mass is 268 g/mol. The number of aryl methyl sites for hydroxylation is 1. The van der Waals surface area contributed by atoms with Crippen LogP contribution in [0.25, 0.3) is 0 Å². The van der Waals surface area contributed by atoms with Crippen molar-refractivity contribution in [2.45, 2.75) is 6.04 Å². The number of carbonyl (C=O) groups is 2. The molecule has 2 atom stereocenters. The van der Waals surface area contributed by atoms with E-state index in [0.29, 0.717) is 5.69 Å². The van der Waals surface area contributed by atoms with Crippen molar-refractivity contribution in [3.05, 3.63) is 12.4 Å². The number of carboxylic acid groups (broad SMARTS) is 1. The Morgan fingerprint density at radius 2 is 2.32 bits per heavy atom. The first-order chi connectivity index (χ1) is 8.99. The molecule has 2 amide bonds. The van der Waals surface area contributed by atoms with E-state index in [4.69, 9.17) is 9.84 Å². The zero-order chi connectivity index (χ0) is 14.0. The fourth-order valence-corrected chi connectivity index (χ4v) is 2.01. The maximum Gasteiger partial charge on any atom is 0.322 e. The van der Waals surface area contributed by atoms with Crippen molar-refractivity contribution in [2.75, 3.05) is 25.6 Å². The van der Waals surface area contributed by atoms with Crippen LogP contribution in [-0.2, 0) is 16.6 Å². The lowest BCUT2D eigenvalue weighted by Crippen LogP contribution is -2.45. The number of amides is 2. The van der Waals surface area contributed by atoms with Crippen LogP contribution in [0.1, 0.15) is 0 Å². The predicted octanol–water partition coefficient (Wildman–Crippen LogP) is -0.0166. The zero-order valence-corrected chi connectivity index (χ0v) is 10.7. The third-order valence-corrected chi connectivity index (χ3v) is 3.14. The van der Waals surface area contributed by atoms with Crippen LogP contribution in [0.5, 0.6) is 0 Å². The molecule has 1 aromatic heterocycles. The summed E-state index contributed by atoms with van der Waals surface area (Å²) in [5.41, 5.74) is 0.560. The summed E-state index contributed by atoms with van der Waals surface area (Å²) in [6.45, 7) is 0.360. The van der Waals surface area contributed by atoms with Crippen LogP contribution in [0, 0.1) is 5.92 Å². The predicted molar refractivity (Wildman–Crippen MR) is 65.7 cm³/mol. The molecule has 1 aliphatic rings. The fourth-order valence-electron chi connectivity index (χ4n) is 2.01. The summed E-state index contributed by atoms with van der Waals surface area (Å²) >= 11 is 0. The Morgan fingerprint density at radius 1 is 1.58 bits per heavy atom. The zero-order valence-electron chi connectivity index (χ0n) is 10.7. The summed E-state index contributed by atoms with van der Waals surface area (Å²) in [5, 5.41) is 15.6. The Bertz CT molecular complexity index is 487. The third kappa shape index (κ3) is 2.84. The molecule has 0 radical (unpaired) electrons. The van der Waals surface area contributed by atoms with Crippen molar-refractivity contribution < 1.29 is 19.4 Å². The van der Waals surface area contributed by atoms with E-state index < -0.39 is 17.9 Å². The molecule has 104 valence electrons. The quantitative estimate of drug-likeness (QED) is 0.803. The molecule has 1 aromatic rings. The molecule has 0 bridgehead atoms. The average molecular weight is 268 g/mol. The summed E-state index contributed by atoms with van der Waals surface area (Å²) in [6.07, 6.45) is 3.18. The number of urea groups is 1. The van der Waals surface area contributed by atoms with Crippen LogP contribution < -0.4 is 5.32 Å². The van der Waals surface area contributed by atoms with Crippen LogP contribution in [0.3, 0.4) is 0 Å². The number of hydrogen-bond donors (Lipinski definition) is 2. The number of hydrogen-bond acceptors (Lipinski definition) is 4. The molecule has 0 aromatic carbocycles. The van der Waals surface area contributed by atoms with E-state index in [-0.39, 0.29) is 19.2 Å². The smallest absolute Gasteiger partial charge is 0.322 e. The first-order valence-electron chi connectivity index (χ1n) is 5.82. The van der Waals surface area contributed by atoms with Gasteiger partial charge in [-0.05, 0) is 0 Å². The number of anilines is 1. The van der Waals surface area contributed by atoms with E-state index in [1.54, 1.807) is 25.0 Å². The van der Waals surface area contributed by atoms with Gasteiger partial charge in [0.1, 0.15) is 5.92 Å². The maximum absolute atomic E-state index is 12.0. The van der Waals surface area contributed by atoms with Crippen LogP contribution in [0.4, 0.5) is 10.5 Å². The molecular formula is C11H16N4O4. The van der Waals surface area contributed by atoms with Gasteiger partial charge in [-0.3, -0.25) is 9.48 Å². The highest BCUT2D eigenvalue weighted by molar-refractivity contribution is 5.89. The second-order valence-electron chi connectivity index (χ2n) is 4.49. The molecule has 8 heteroatoms. The van der Waals surface area contributed by atoms with Crippen molar-refractivity contribution in [2.24, 2.45) is 13.0 Å². The molecule has 2 heterocycles. The van der Waals surface area contributed by atoms with Gasteiger partial charge in [0, 0.05) is 20.3 Å². The van der Waals surface area contributed by atoms with E-state index in [0.717, 1.165) is 0 Å². The summed E-state index contributed by atoms with van der Waals surface area (Å²) in [4.78, 5) is 24.4. The lowest BCUT2D eigenvalue weighted by Gasteiger charge is -2.26. The number of ether oxygens (including phenoxy) is 1. The van der Waals surface area contributed by atoms with Gasteiger partial charge in [0.2, 0.25) is 0 Å². The highest BCUT2D eigenvalue weighted by Crippen LogP contribution is 2.19. The average Bonchev–Trinajstić information content (AvgIpc) is 2.97. The van der Waals surface area contributed by atoms with Gasteiger partial charge in [0.05, 0.1) is 31.1 Å². The highest BCUT2D eigenvalue weighted by Gasteiger charge is 2.38. The molecule has 2 unspecified atom stereocenters. The van der Waals surface area contributed by atoms with Gasteiger partial charge in [0.15, 0.2) is 0 Å². The molecule has 19 heavy (non-hydrogen) atoms. The third-order valence-electron chi connectivity index (χ3n) is 3.14. The van der Waals surface area contributed by atoms with E-state index >= 15 is 0 Å². The van der Waals surface area contributed by atoms with E-state index in [9.17, 15) is 9.59 Å². The van der Waals surface area contributed by atoms with Crippen molar-refractivity contribution in [3.63, 3.8) is 0 Å². The second kappa shape index (κ2) is 5.27. The lowest BCUT2D eigenvalue weighted by atomic mass is 10.0. The van der Waals surface area contributed by atoms with E-state index in [1.165, 1.54) is 11.1 Å². The van der Waals surface area contributed by atoms with Crippen LogP contribution in [0.2, 0.25) is 0 Å². The molecule has 8 nitrogen and oxygen atoms in total.